The van der Waals surface area contributed by atoms with Gasteiger partial charge in [-0.3, -0.25) is 0 Å². The Balaban J connectivity index is 2.55. The summed E-state index contributed by atoms with van der Waals surface area (Å²) in [6.07, 6.45) is 0. The summed E-state index contributed by atoms with van der Waals surface area (Å²) >= 11 is 12.2. The Kier molecular flexibility index (Phi) is 5.26. The number of halogens is 3. The molecule has 0 amide bonds. The highest BCUT2D eigenvalue weighted by Crippen LogP contribution is 2.32. The smallest absolute Gasteiger partial charge is 0.129 e. The van der Waals surface area contributed by atoms with Crippen molar-refractivity contribution in [3.8, 4) is 0 Å². The monoisotopic (exact) mass is 325 g/mol. The van der Waals surface area contributed by atoms with Crippen molar-refractivity contribution < 1.29 is 4.39 Å². The summed E-state index contributed by atoms with van der Waals surface area (Å²) in [5, 5.41) is 4.32. The fraction of sp³-hybridized carbons (Fsp3) is 0.294. The van der Waals surface area contributed by atoms with Crippen LogP contribution in [-0.4, -0.2) is 6.54 Å². The first kappa shape index (κ1) is 16.3. The third-order valence-corrected chi connectivity index (χ3v) is 4.17. The molecule has 0 spiro atoms. The molecule has 21 heavy (non-hydrogen) atoms. The summed E-state index contributed by atoms with van der Waals surface area (Å²) < 4.78 is 14.3. The number of aryl methyl sites for hydroxylation is 2. The van der Waals surface area contributed by atoms with E-state index in [2.05, 4.69) is 5.32 Å². The fourth-order valence-electron chi connectivity index (χ4n) is 2.35. The van der Waals surface area contributed by atoms with Crippen molar-refractivity contribution in [3.05, 3.63) is 68.4 Å². The van der Waals surface area contributed by atoms with Gasteiger partial charge >= 0.3 is 0 Å². The van der Waals surface area contributed by atoms with Gasteiger partial charge in [-0.1, -0.05) is 42.3 Å². The zero-order valence-corrected chi connectivity index (χ0v) is 13.8. The van der Waals surface area contributed by atoms with E-state index in [-0.39, 0.29) is 11.9 Å². The molecule has 0 fully saturated rings. The Morgan fingerprint density at radius 2 is 1.71 bits per heavy atom. The number of rotatable bonds is 4. The highest BCUT2D eigenvalue weighted by atomic mass is 35.5. The molecule has 1 atom stereocenters. The first-order chi connectivity index (χ1) is 9.93. The highest BCUT2D eigenvalue weighted by Gasteiger charge is 2.20. The van der Waals surface area contributed by atoms with E-state index in [1.807, 2.05) is 32.9 Å². The van der Waals surface area contributed by atoms with E-state index in [1.165, 1.54) is 6.07 Å². The van der Waals surface area contributed by atoms with Crippen LogP contribution in [0.1, 0.15) is 35.2 Å². The second-order valence-corrected chi connectivity index (χ2v) is 5.96. The first-order valence-corrected chi connectivity index (χ1v) is 7.64. The van der Waals surface area contributed by atoms with Crippen LogP contribution in [0.15, 0.2) is 30.3 Å². The Morgan fingerprint density at radius 1 is 1.05 bits per heavy atom. The van der Waals surface area contributed by atoms with E-state index in [4.69, 9.17) is 23.2 Å². The molecular weight excluding hydrogens is 308 g/mol. The van der Waals surface area contributed by atoms with E-state index >= 15 is 0 Å². The molecule has 0 bridgehead atoms. The van der Waals surface area contributed by atoms with Gasteiger partial charge in [0.2, 0.25) is 0 Å². The van der Waals surface area contributed by atoms with Crippen LogP contribution >= 0.6 is 23.2 Å². The average molecular weight is 326 g/mol. The Hall–Kier alpha value is -1.09. The lowest BCUT2D eigenvalue weighted by Crippen LogP contribution is -2.23. The number of hydrogen-bond acceptors (Lipinski definition) is 1. The molecule has 0 heterocycles. The van der Waals surface area contributed by atoms with Crippen LogP contribution in [0, 0.1) is 19.7 Å². The Labute approximate surface area is 135 Å². The molecule has 112 valence electrons. The highest BCUT2D eigenvalue weighted by molar-refractivity contribution is 6.31. The van der Waals surface area contributed by atoms with Crippen molar-refractivity contribution in [2.75, 3.05) is 6.54 Å². The van der Waals surface area contributed by atoms with Gasteiger partial charge in [-0.15, -0.1) is 0 Å². The predicted molar refractivity (Wildman–Crippen MR) is 87.9 cm³/mol. The molecule has 0 aromatic heterocycles. The zero-order chi connectivity index (χ0) is 15.6. The molecular formula is C17H18Cl2FN. The molecule has 0 aliphatic rings. The molecule has 0 radical (unpaired) electrons. The van der Waals surface area contributed by atoms with Gasteiger partial charge in [-0.2, -0.15) is 0 Å². The minimum atomic E-state index is -0.331. The lowest BCUT2D eigenvalue weighted by molar-refractivity contribution is 0.559. The third kappa shape index (κ3) is 3.57. The van der Waals surface area contributed by atoms with Gasteiger partial charge < -0.3 is 5.32 Å². The minimum Gasteiger partial charge on any atom is -0.306 e. The van der Waals surface area contributed by atoms with E-state index in [0.29, 0.717) is 22.2 Å². The normalized spacial score (nSPS) is 12.5. The second-order valence-electron chi connectivity index (χ2n) is 5.11. The van der Waals surface area contributed by atoms with Crippen molar-refractivity contribution in [2.24, 2.45) is 0 Å². The SMILES string of the molecule is CCNC(c1ccc(Cl)cc1F)c1cc(C)c(C)cc1Cl. The molecule has 1 nitrogen and oxygen atoms in total. The summed E-state index contributed by atoms with van der Waals surface area (Å²) in [4.78, 5) is 0. The minimum absolute atomic E-state index is 0.293. The molecule has 4 heteroatoms. The van der Waals surface area contributed by atoms with Gasteiger partial charge in [-0.25, -0.2) is 4.39 Å². The number of benzene rings is 2. The summed E-state index contributed by atoms with van der Waals surface area (Å²) in [6.45, 7) is 6.72. The molecule has 0 aliphatic carbocycles. The van der Waals surface area contributed by atoms with Gasteiger partial charge in [0.05, 0.1) is 6.04 Å². The summed E-state index contributed by atoms with van der Waals surface area (Å²) in [7, 11) is 0. The lowest BCUT2D eigenvalue weighted by Gasteiger charge is -2.22. The Bertz CT molecular complexity index is 655. The van der Waals surface area contributed by atoms with Crippen LogP contribution in [-0.2, 0) is 0 Å². The van der Waals surface area contributed by atoms with Crippen molar-refractivity contribution in [1.82, 2.24) is 5.32 Å². The van der Waals surface area contributed by atoms with E-state index in [9.17, 15) is 4.39 Å². The average Bonchev–Trinajstić information content (AvgIpc) is 2.41. The van der Waals surface area contributed by atoms with Gasteiger partial charge in [0.25, 0.3) is 0 Å². The van der Waals surface area contributed by atoms with Crippen LogP contribution in [0.3, 0.4) is 0 Å². The summed E-state index contributed by atoms with van der Waals surface area (Å²) in [5.41, 5.74) is 3.68. The topological polar surface area (TPSA) is 12.0 Å². The molecule has 1 N–H and O–H groups in total. The Morgan fingerprint density at radius 3 is 2.33 bits per heavy atom. The molecule has 2 aromatic rings. The van der Waals surface area contributed by atoms with Crippen LogP contribution < -0.4 is 5.32 Å². The zero-order valence-electron chi connectivity index (χ0n) is 12.3. The maximum Gasteiger partial charge on any atom is 0.129 e. The standard InChI is InChI=1S/C17H18Cl2FN/c1-4-21-17(13-6-5-12(18)9-16(13)20)14-7-10(2)11(3)8-15(14)19/h5-9,17,21H,4H2,1-3H3. The lowest BCUT2D eigenvalue weighted by atomic mass is 9.95. The summed E-state index contributed by atoms with van der Waals surface area (Å²) in [5.74, 6) is -0.331. The van der Waals surface area contributed by atoms with E-state index in [1.54, 1.807) is 12.1 Å². The van der Waals surface area contributed by atoms with Crippen molar-refractivity contribution in [3.63, 3.8) is 0 Å². The van der Waals surface area contributed by atoms with Crippen LogP contribution in [0.2, 0.25) is 10.0 Å². The third-order valence-electron chi connectivity index (χ3n) is 3.61. The van der Waals surface area contributed by atoms with Crippen molar-refractivity contribution >= 4 is 23.2 Å². The molecule has 2 rings (SSSR count). The van der Waals surface area contributed by atoms with Crippen molar-refractivity contribution in [1.29, 1.82) is 0 Å². The molecule has 0 aliphatic heterocycles. The first-order valence-electron chi connectivity index (χ1n) is 6.89. The van der Waals surface area contributed by atoms with Gasteiger partial charge in [0.15, 0.2) is 0 Å². The van der Waals surface area contributed by atoms with Gasteiger partial charge in [0, 0.05) is 15.6 Å². The molecule has 0 saturated heterocycles. The van der Waals surface area contributed by atoms with E-state index < -0.39 is 0 Å². The largest absolute Gasteiger partial charge is 0.306 e. The molecule has 1 unspecified atom stereocenters. The summed E-state index contributed by atoms with van der Waals surface area (Å²) in [6, 6.07) is 8.37. The van der Waals surface area contributed by atoms with Crippen LogP contribution in [0.4, 0.5) is 4.39 Å². The number of hydrogen-bond donors (Lipinski definition) is 1. The quantitative estimate of drug-likeness (QED) is 0.788. The second kappa shape index (κ2) is 6.78. The van der Waals surface area contributed by atoms with Crippen LogP contribution in [0.5, 0.6) is 0 Å². The maximum absolute atomic E-state index is 14.3. The number of nitrogens with one attached hydrogen (secondary N) is 1. The van der Waals surface area contributed by atoms with Gasteiger partial charge in [-0.05, 0) is 55.3 Å². The molecule has 0 saturated carbocycles. The van der Waals surface area contributed by atoms with E-state index in [0.717, 1.165) is 16.7 Å². The maximum atomic E-state index is 14.3. The predicted octanol–water partition coefficient (Wildman–Crippen LogP) is 5.45. The fourth-order valence-corrected chi connectivity index (χ4v) is 2.84. The van der Waals surface area contributed by atoms with Crippen LogP contribution in [0.25, 0.3) is 0 Å². The van der Waals surface area contributed by atoms with Crippen molar-refractivity contribution in [2.45, 2.75) is 26.8 Å². The van der Waals surface area contributed by atoms with Gasteiger partial charge in [0.1, 0.15) is 5.82 Å². The molecule has 2 aromatic carbocycles.